The molecular formula is C34H46N2O. The van der Waals surface area contributed by atoms with Gasteiger partial charge in [-0.2, -0.15) is 0 Å². The zero-order valence-electron chi connectivity index (χ0n) is 23.7. The second kappa shape index (κ2) is 16.0. The lowest BCUT2D eigenvalue weighted by atomic mass is 9.91. The Kier molecular flexibility index (Phi) is 13.1. The second-order valence-electron chi connectivity index (χ2n) is 9.12. The number of nitrogens with zero attached hydrogens (tertiary/aromatic N) is 2. The van der Waals surface area contributed by atoms with E-state index in [0.29, 0.717) is 5.92 Å². The second-order valence-corrected chi connectivity index (χ2v) is 9.12. The summed E-state index contributed by atoms with van der Waals surface area (Å²) in [4.78, 5) is 4.71. The van der Waals surface area contributed by atoms with Gasteiger partial charge in [-0.25, -0.2) is 4.98 Å². The number of benzene rings is 2. The minimum absolute atomic E-state index is 0.597. The molecule has 3 nitrogen and oxygen atoms in total. The van der Waals surface area contributed by atoms with Crippen LogP contribution < -0.4 is 0 Å². The minimum Gasteiger partial charge on any atom is -0.381 e. The van der Waals surface area contributed by atoms with Crippen LogP contribution in [0, 0.1) is 20.8 Å². The predicted octanol–water partition coefficient (Wildman–Crippen LogP) is 8.98. The predicted molar refractivity (Wildman–Crippen MR) is 161 cm³/mol. The van der Waals surface area contributed by atoms with Gasteiger partial charge in [-0.1, -0.05) is 87.9 Å². The van der Waals surface area contributed by atoms with Crippen molar-refractivity contribution in [3.05, 3.63) is 115 Å². The van der Waals surface area contributed by atoms with Crippen molar-refractivity contribution in [2.24, 2.45) is 0 Å². The summed E-state index contributed by atoms with van der Waals surface area (Å²) in [6.45, 7) is 23.6. The fraction of sp³-hybridized carbons (Fsp3) is 0.382. The van der Waals surface area contributed by atoms with Gasteiger partial charge < -0.3 is 9.30 Å². The molecule has 2 radical (unpaired) electrons. The standard InChI is InChI=1S/C30H35N2O.C2H6.C2H5/c1-5-24(7-6-22(2)3)8-10-26-11-9-25(18-23(26)4)20-32-21-31-29-19-28(12-13-30(29)32)27-14-16-33-17-15-27;2*1-2/h5-7,9,11-13,18-19,21,27H,2-3,8,10,14-17,20H2,1,4H3;1-2H3;1H2,2H3/b7-6-,24-5+;;. The molecule has 1 saturated heterocycles. The van der Waals surface area contributed by atoms with E-state index in [1.54, 1.807) is 6.92 Å². The first-order valence-corrected chi connectivity index (χ1v) is 13.7. The van der Waals surface area contributed by atoms with E-state index in [4.69, 9.17) is 9.72 Å². The monoisotopic (exact) mass is 498 g/mol. The van der Waals surface area contributed by atoms with E-state index < -0.39 is 0 Å². The van der Waals surface area contributed by atoms with E-state index in [2.05, 4.69) is 87.4 Å². The minimum atomic E-state index is 0.597. The van der Waals surface area contributed by atoms with Crippen LogP contribution >= 0.6 is 0 Å². The summed E-state index contributed by atoms with van der Waals surface area (Å²) in [6, 6.07) is 13.6. The molecule has 0 aliphatic carbocycles. The summed E-state index contributed by atoms with van der Waals surface area (Å²) < 4.78 is 7.77. The van der Waals surface area contributed by atoms with Crippen LogP contribution in [0.15, 0.2) is 78.7 Å². The van der Waals surface area contributed by atoms with Gasteiger partial charge in [0.1, 0.15) is 0 Å². The lowest BCUT2D eigenvalue weighted by Gasteiger charge is -2.22. The highest BCUT2D eigenvalue weighted by molar-refractivity contribution is 5.76. The molecule has 0 N–H and O–H groups in total. The van der Waals surface area contributed by atoms with E-state index in [1.807, 2.05) is 26.3 Å². The lowest BCUT2D eigenvalue weighted by molar-refractivity contribution is 0.0853. The molecule has 1 aliphatic heterocycles. The molecule has 2 heterocycles. The van der Waals surface area contributed by atoms with Gasteiger partial charge in [0.25, 0.3) is 0 Å². The van der Waals surface area contributed by atoms with Gasteiger partial charge >= 0.3 is 0 Å². The zero-order valence-corrected chi connectivity index (χ0v) is 23.7. The SMILES string of the molecule is CC.[CH2]C.[CH2]C(=C)/C=C\C(=C/C)CCc1ccc(Cn2cnc3cc(C4CCOCC4)ccc32)cc1C. The van der Waals surface area contributed by atoms with Crippen molar-refractivity contribution in [2.75, 3.05) is 13.2 Å². The fourth-order valence-electron chi connectivity index (χ4n) is 4.65. The van der Waals surface area contributed by atoms with Crippen molar-refractivity contribution in [1.29, 1.82) is 0 Å². The lowest BCUT2D eigenvalue weighted by Crippen LogP contribution is -2.13. The molecular weight excluding hydrogens is 452 g/mol. The average molecular weight is 499 g/mol. The van der Waals surface area contributed by atoms with Crippen LogP contribution in [0.3, 0.4) is 0 Å². The Morgan fingerprint density at radius 3 is 2.46 bits per heavy atom. The molecule has 3 aromatic rings. The van der Waals surface area contributed by atoms with E-state index in [-0.39, 0.29) is 0 Å². The van der Waals surface area contributed by atoms with Crippen molar-refractivity contribution < 1.29 is 4.74 Å². The van der Waals surface area contributed by atoms with E-state index in [0.717, 1.165) is 56.5 Å². The van der Waals surface area contributed by atoms with Crippen LogP contribution in [0.5, 0.6) is 0 Å². The number of aryl methyl sites for hydroxylation is 2. The number of imidazole rings is 1. The van der Waals surface area contributed by atoms with E-state index in [1.165, 1.54) is 33.3 Å². The van der Waals surface area contributed by atoms with E-state index >= 15 is 0 Å². The number of rotatable bonds is 8. The van der Waals surface area contributed by atoms with Gasteiger partial charge in [0.05, 0.1) is 17.4 Å². The maximum Gasteiger partial charge on any atom is 0.0961 e. The molecule has 0 amide bonds. The number of ether oxygens (including phenoxy) is 1. The van der Waals surface area contributed by atoms with Crippen molar-refractivity contribution in [2.45, 2.75) is 72.8 Å². The van der Waals surface area contributed by atoms with Crippen molar-refractivity contribution in [3.8, 4) is 0 Å². The van der Waals surface area contributed by atoms with Gasteiger partial charge in [-0.15, -0.1) is 0 Å². The molecule has 0 unspecified atom stereocenters. The average Bonchev–Trinajstić information content (AvgIpc) is 3.34. The molecule has 2 aromatic carbocycles. The quantitative estimate of drug-likeness (QED) is 0.290. The first kappa shape index (κ1) is 30.3. The Hall–Kier alpha value is -2.91. The van der Waals surface area contributed by atoms with Crippen LogP contribution in [-0.2, 0) is 17.7 Å². The summed E-state index contributed by atoms with van der Waals surface area (Å²) in [7, 11) is 0. The molecule has 1 aromatic heterocycles. The Morgan fingerprint density at radius 1 is 1.08 bits per heavy atom. The molecule has 37 heavy (non-hydrogen) atoms. The smallest absolute Gasteiger partial charge is 0.0961 e. The van der Waals surface area contributed by atoms with Crippen LogP contribution in [0.1, 0.15) is 75.1 Å². The van der Waals surface area contributed by atoms with Crippen molar-refractivity contribution >= 4 is 11.0 Å². The molecule has 4 rings (SSSR count). The highest BCUT2D eigenvalue weighted by Gasteiger charge is 2.17. The van der Waals surface area contributed by atoms with Crippen LogP contribution in [-0.4, -0.2) is 22.8 Å². The molecule has 0 spiro atoms. The molecule has 1 fully saturated rings. The van der Waals surface area contributed by atoms with Gasteiger partial charge in [0.15, 0.2) is 0 Å². The highest BCUT2D eigenvalue weighted by atomic mass is 16.5. The van der Waals surface area contributed by atoms with Crippen LogP contribution in [0.25, 0.3) is 11.0 Å². The largest absolute Gasteiger partial charge is 0.381 e. The summed E-state index contributed by atoms with van der Waals surface area (Å²) in [5, 5.41) is 0. The Morgan fingerprint density at radius 2 is 1.81 bits per heavy atom. The Balaban J connectivity index is 0.00000115. The maximum atomic E-state index is 5.52. The molecule has 198 valence electrons. The first-order chi connectivity index (χ1) is 18.0. The summed E-state index contributed by atoms with van der Waals surface area (Å²) >= 11 is 0. The third kappa shape index (κ3) is 8.86. The van der Waals surface area contributed by atoms with Crippen molar-refractivity contribution in [1.82, 2.24) is 9.55 Å². The van der Waals surface area contributed by atoms with Crippen LogP contribution in [0.4, 0.5) is 0 Å². The third-order valence-electron chi connectivity index (χ3n) is 6.68. The molecule has 0 atom stereocenters. The zero-order chi connectivity index (χ0) is 27.2. The summed E-state index contributed by atoms with van der Waals surface area (Å²) in [5.41, 5.74) is 9.88. The number of fused-ring (bicyclic) bond motifs is 1. The molecule has 0 saturated carbocycles. The topological polar surface area (TPSA) is 27.1 Å². The first-order valence-electron chi connectivity index (χ1n) is 13.7. The molecule has 1 aliphatic rings. The highest BCUT2D eigenvalue weighted by Crippen LogP contribution is 2.29. The summed E-state index contributed by atoms with van der Waals surface area (Å²) in [6.07, 6.45) is 12.5. The fourth-order valence-corrected chi connectivity index (χ4v) is 4.65. The number of hydrogen-bond donors (Lipinski definition) is 0. The van der Waals surface area contributed by atoms with Crippen molar-refractivity contribution in [3.63, 3.8) is 0 Å². The number of allylic oxidation sites excluding steroid dienone is 5. The summed E-state index contributed by atoms with van der Waals surface area (Å²) in [5.74, 6) is 0.597. The van der Waals surface area contributed by atoms with Gasteiger partial charge in [-0.05, 0) is 86.8 Å². The van der Waals surface area contributed by atoms with Gasteiger partial charge in [0.2, 0.25) is 0 Å². The Labute approximate surface area is 226 Å². The molecule has 0 bridgehead atoms. The molecule has 3 heteroatoms. The van der Waals surface area contributed by atoms with Crippen LogP contribution in [0.2, 0.25) is 0 Å². The van der Waals surface area contributed by atoms with E-state index in [9.17, 15) is 0 Å². The van der Waals surface area contributed by atoms with Gasteiger partial charge in [-0.3, -0.25) is 0 Å². The third-order valence-corrected chi connectivity index (χ3v) is 6.68. The maximum absolute atomic E-state index is 5.52. The normalized spacial score (nSPS) is 14.2. The number of aromatic nitrogens is 2. The Bertz CT molecular complexity index is 1180. The number of hydrogen-bond acceptors (Lipinski definition) is 2. The van der Waals surface area contributed by atoms with Gasteiger partial charge in [0, 0.05) is 19.8 Å².